The highest BCUT2D eigenvalue weighted by molar-refractivity contribution is 7.13. The topological polar surface area (TPSA) is 78.1 Å². The second-order valence-corrected chi connectivity index (χ2v) is 6.84. The molecule has 3 heterocycles. The summed E-state index contributed by atoms with van der Waals surface area (Å²) in [5.41, 5.74) is 3.33. The van der Waals surface area contributed by atoms with Gasteiger partial charge in [-0.15, -0.1) is 11.3 Å². The Morgan fingerprint density at radius 3 is 2.78 bits per heavy atom. The summed E-state index contributed by atoms with van der Waals surface area (Å²) in [6.07, 6.45) is 0. The predicted octanol–water partition coefficient (Wildman–Crippen LogP) is 4.46. The highest BCUT2D eigenvalue weighted by Gasteiger charge is 2.19. The summed E-state index contributed by atoms with van der Waals surface area (Å²) in [7, 11) is 0. The number of rotatable bonds is 4. The van der Waals surface area contributed by atoms with Gasteiger partial charge in [0, 0.05) is 16.6 Å². The van der Waals surface area contributed by atoms with Gasteiger partial charge in [0.15, 0.2) is 0 Å². The molecule has 4 rings (SSSR count). The summed E-state index contributed by atoms with van der Waals surface area (Å²) in [5, 5.41) is 6.95. The number of benzene rings is 1. The van der Waals surface area contributed by atoms with Crippen LogP contribution < -0.4 is 0 Å². The van der Waals surface area contributed by atoms with E-state index in [0.29, 0.717) is 33.7 Å². The van der Waals surface area contributed by atoms with Crippen molar-refractivity contribution in [2.45, 2.75) is 20.5 Å². The number of halogens is 1. The number of carbonyl (C=O) groups excluding carboxylic acids is 1. The van der Waals surface area contributed by atoms with Crippen molar-refractivity contribution in [1.82, 2.24) is 15.1 Å². The number of thiazole rings is 1. The summed E-state index contributed by atoms with van der Waals surface area (Å²) in [6, 6.07) is 7.74. The van der Waals surface area contributed by atoms with Gasteiger partial charge in [-0.3, -0.25) is 0 Å². The Bertz CT molecular complexity index is 1140. The average Bonchev–Trinajstić information content (AvgIpc) is 3.27. The normalized spacial score (nSPS) is 11.1. The van der Waals surface area contributed by atoms with Crippen LogP contribution >= 0.6 is 11.3 Å². The van der Waals surface area contributed by atoms with E-state index in [0.717, 1.165) is 10.6 Å². The van der Waals surface area contributed by atoms with Crippen molar-refractivity contribution in [2.24, 2.45) is 0 Å². The molecule has 0 amide bonds. The predicted molar refractivity (Wildman–Crippen MR) is 97.9 cm³/mol. The molecule has 0 radical (unpaired) electrons. The molecule has 4 aromatic rings. The van der Waals surface area contributed by atoms with Crippen LogP contribution in [0.2, 0.25) is 0 Å². The van der Waals surface area contributed by atoms with Gasteiger partial charge in [-0.1, -0.05) is 5.16 Å². The molecule has 0 bridgehead atoms. The van der Waals surface area contributed by atoms with Gasteiger partial charge in [-0.05, 0) is 44.2 Å². The van der Waals surface area contributed by atoms with Gasteiger partial charge < -0.3 is 9.26 Å². The van der Waals surface area contributed by atoms with Gasteiger partial charge >= 0.3 is 5.97 Å². The Balaban J connectivity index is 1.52. The van der Waals surface area contributed by atoms with Crippen LogP contribution in [0, 0.1) is 19.7 Å². The Labute approximate surface area is 157 Å². The number of esters is 1. The first-order chi connectivity index (χ1) is 13.0. The molecule has 0 saturated carbocycles. The molecular weight excluding hydrogens is 369 g/mol. The van der Waals surface area contributed by atoms with Gasteiger partial charge in [-0.25, -0.2) is 19.2 Å². The fourth-order valence-electron chi connectivity index (χ4n) is 2.69. The minimum atomic E-state index is -0.492. The van der Waals surface area contributed by atoms with Crippen LogP contribution in [0.5, 0.6) is 0 Å². The van der Waals surface area contributed by atoms with E-state index in [1.807, 2.05) is 5.38 Å². The molecule has 136 valence electrons. The Kier molecular flexibility index (Phi) is 4.41. The monoisotopic (exact) mass is 383 g/mol. The number of ether oxygens (including phenoxy) is 1. The van der Waals surface area contributed by atoms with Crippen LogP contribution in [0.1, 0.15) is 27.4 Å². The third kappa shape index (κ3) is 3.43. The van der Waals surface area contributed by atoms with Gasteiger partial charge in [0.2, 0.25) is 0 Å². The van der Waals surface area contributed by atoms with E-state index in [1.54, 1.807) is 32.0 Å². The van der Waals surface area contributed by atoms with Crippen molar-refractivity contribution in [2.75, 3.05) is 0 Å². The number of carbonyl (C=O) groups is 1. The number of aryl methyl sites for hydroxylation is 2. The Morgan fingerprint density at radius 2 is 2.00 bits per heavy atom. The molecule has 0 N–H and O–H groups in total. The molecule has 0 aliphatic heterocycles. The molecule has 27 heavy (non-hydrogen) atoms. The second-order valence-electron chi connectivity index (χ2n) is 5.99. The third-order valence-corrected chi connectivity index (χ3v) is 4.90. The molecule has 6 nitrogen and oxygen atoms in total. The lowest BCUT2D eigenvalue weighted by molar-refractivity contribution is 0.0470. The molecule has 0 fully saturated rings. The lowest BCUT2D eigenvalue weighted by Crippen LogP contribution is -2.07. The lowest BCUT2D eigenvalue weighted by Gasteiger charge is -2.05. The highest BCUT2D eigenvalue weighted by atomic mass is 32.1. The summed E-state index contributed by atoms with van der Waals surface area (Å²) in [5.74, 6) is -0.791. The SMILES string of the molecule is Cc1cc(C(=O)OCc2csc(-c3ccc(F)cc3)n2)c2c(C)noc2n1. The fraction of sp³-hybridized carbons (Fsp3) is 0.158. The number of hydrogen-bond acceptors (Lipinski definition) is 7. The van der Waals surface area contributed by atoms with Gasteiger partial charge in [0.1, 0.15) is 17.4 Å². The Hall–Kier alpha value is -3.13. The van der Waals surface area contributed by atoms with E-state index in [2.05, 4.69) is 15.1 Å². The van der Waals surface area contributed by atoms with Crippen molar-refractivity contribution in [3.63, 3.8) is 0 Å². The largest absolute Gasteiger partial charge is 0.456 e. The fourth-order valence-corrected chi connectivity index (χ4v) is 3.50. The maximum atomic E-state index is 13.0. The van der Waals surface area contributed by atoms with Crippen molar-refractivity contribution in [3.8, 4) is 10.6 Å². The second kappa shape index (κ2) is 6.88. The van der Waals surface area contributed by atoms with Gasteiger partial charge in [0.05, 0.1) is 22.3 Å². The maximum absolute atomic E-state index is 13.0. The van der Waals surface area contributed by atoms with E-state index < -0.39 is 5.97 Å². The zero-order valence-electron chi connectivity index (χ0n) is 14.5. The number of aromatic nitrogens is 3. The van der Waals surface area contributed by atoms with Crippen molar-refractivity contribution in [3.05, 3.63) is 64.2 Å². The molecule has 1 aromatic carbocycles. The van der Waals surface area contributed by atoms with Gasteiger partial charge in [-0.2, -0.15) is 0 Å². The number of hydrogen-bond donors (Lipinski definition) is 0. The van der Waals surface area contributed by atoms with Crippen LogP contribution in [0.3, 0.4) is 0 Å². The first-order valence-electron chi connectivity index (χ1n) is 8.12. The molecule has 0 unspecified atom stereocenters. The summed E-state index contributed by atoms with van der Waals surface area (Å²) in [6.45, 7) is 3.54. The Morgan fingerprint density at radius 1 is 1.22 bits per heavy atom. The van der Waals surface area contributed by atoms with Crippen LogP contribution in [0.4, 0.5) is 4.39 Å². The number of fused-ring (bicyclic) bond motifs is 1. The summed E-state index contributed by atoms with van der Waals surface area (Å²) < 4.78 is 23.6. The van der Waals surface area contributed by atoms with Crippen LogP contribution in [0.25, 0.3) is 21.7 Å². The quantitative estimate of drug-likeness (QED) is 0.484. The smallest absolute Gasteiger partial charge is 0.339 e. The van der Waals surface area contributed by atoms with Gasteiger partial charge in [0.25, 0.3) is 5.71 Å². The zero-order chi connectivity index (χ0) is 19.0. The molecule has 3 aromatic heterocycles. The molecule has 0 aliphatic rings. The maximum Gasteiger partial charge on any atom is 0.339 e. The molecule has 0 saturated heterocycles. The van der Waals surface area contributed by atoms with Crippen molar-refractivity contribution < 1.29 is 18.4 Å². The lowest BCUT2D eigenvalue weighted by atomic mass is 10.1. The molecular formula is C19H14FN3O3S. The molecule has 8 heteroatoms. The van der Waals surface area contributed by atoms with E-state index in [-0.39, 0.29) is 12.4 Å². The van der Waals surface area contributed by atoms with Crippen LogP contribution in [-0.4, -0.2) is 21.1 Å². The minimum absolute atomic E-state index is 0.0315. The van der Waals surface area contributed by atoms with Crippen molar-refractivity contribution in [1.29, 1.82) is 0 Å². The standard InChI is InChI=1S/C19H14FN3O3S/c1-10-7-15(16-11(2)23-26-17(16)21-10)19(24)25-8-14-9-27-18(22-14)12-3-5-13(20)6-4-12/h3-7,9H,8H2,1-2H3. The third-order valence-electron chi connectivity index (χ3n) is 3.96. The van der Waals surface area contributed by atoms with Crippen LogP contribution in [0.15, 0.2) is 40.2 Å². The van der Waals surface area contributed by atoms with E-state index in [4.69, 9.17) is 9.26 Å². The minimum Gasteiger partial charge on any atom is -0.456 e. The summed E-state index contributed by atoms with van der Waals surface area (Å²) in [4.78, 5) is 21.2. The molecule has 0 atom stereocenters. The zero-order valence-corrected chi connectivity index (χ0v) is 15.3. The average molecular weight is 383 g/mol. The number of pyridine rings is 1. The van der Waals surface area contributed by atoms with E-state index in [1.165, 1.54) is 23.5 Å². The highest BCUT2D eigenvalue weighted by Crippen LogP contribution is 2.25. The molecule has 0 spiro atoms. The number of nitrogens with zero attached hydrogens (tertiary/aromatic N) is 3. The van der Waals surface area contributed by atoms with Crippen LogP contribution in [-0.2, 0) is 11.3 Å². The van der Waals surface area contributed by atoms with E-state index >= 15 is 0 Å². The van der Waals surface area contributed by atoms with E-state index in [9.17, 15) is 9.18 Å². The molecule has 0 aliphatic carbocycles. The van der Waals surface area contributed by atoms with Crippen molar-refractivity contribution >= 4 is 28.4 Å². The first-order valence-corrected chi connectivity index (χ1v) is 9.00. The first kappa shape index (κ1) is 17.3. The summed E-state index contributed by atoms with van der Waals surface area (Å²) >= 11 is 1.40.